The van der Waals surface area contributed by atoms with Gasteiger partial charge < -0.3 is 14.8 Å². The normalized spacial score (nSPS) is 14.4. The summed E-state index contributed by atoms with van der Waals surface area (Å²) < 4.78 is 52.7. The van der Waals surface area contributed by atoms with E-state index in [0.29, 0.717) is 35.7 Å². The van der Waals surface area contributed by atoms with Gasteiger partial charge in [0.25, 0.3) is 5.91 Å². The topological polar surface area (TPSA) is 122 Å². The predicted octanol–water partition coefficient (Wildman–Crippen LogP) is 5.79. The first kappa shape index (κ1) is 31.6. The van der Waals surface area contributed by atoms with Gasteiger partial charge in [-0.1, -0.05) is 6.07 Å². The molecule has 14 heteroatoms. The van der Waals surface area contributed by atoms with Gasteiger partial charge in [0.05, 0.1) is 12.7 Å². The van der Waals surface area contributed by atoms with Crippen LogP contribution in [0.5, 0.6) is 11.6 Å². The lowest BCUT2D eigenvalue weighted by Gasteiger charge is -2.37. The maximum Gasteiger partial charge on any atom is 0.416 e. The van der Waals surface area contributed by atoms with Gasteiger partial charge in [-0.05, 0) is 61.2 Å². The Hall–Kier alpha value is -4.82. The number of alkyl halides is 3. The summed E-state index contributed by atoms with van der Waals surface area (Å²) in [4.78, 5) is 41.1. The number of hydrogen-bond donors (Lipinski definition) is 2. The number of halogens is 3. The molecule has 0 saturated carbocycles. The predicted molar refractivity (Wildman–Crippen MR) is 161 cm³/mol. The Balaban J connectivity index is 1.31. The van der Waals surface area contributed by atoms with E-state index < -0.39 is 23.7 Å². The summed E-state index contributed by atoms with van der Waals surface area (Å²) in [6, 6.07) is 12.2. The van der Waals surface area contributed by atoms with Gasteiger partial charge in [0.2, 0.25) is 5.88 Å². The molecule has 2 aromatic carbocycles. The summed E-state index contributed by atoms with van der Waals surface area (Å²) in [5, 5.41) is 6.05. The molecule has 2 aromatic heterocycles. The number of hydrogen-bond acceptors (Lipinski definition) is 9. The lowest BCUT2D eigenvalue weighted by molar-refractivity contribution is -0.138. The van der Waals surface area contributed by atoms with E-state index >= 15 is 0 Å². The molecule has 0 spiro atoms. The number of methoxy groups -OCH3 is 1. The maximum absolute atomic E-state index is 14.1. The number of pyridine rings is 1. The molecule has 11 nitrogen and oxygen atoms in total. The van der Waals surface area contributed by atoms with Crippen LogP contribution in [-0.4, -0.2) is 76.1 Å². The molecule has 45 heavy (non-hydrogen) atoms. The smallest absolute Gasteiger partial charge is 0.416 e. The van der Waals surface area contributed by atoms with Crippen LogP contribution in [0.25, 0.3) is 10.8 Å². The summed E-state index contributed by atoms with van der Waals surface area (Å²) in [5.74, 6) is 0.0274. The van der Waals surface area contributed by atoms with Crippen LogP contribution >= 0.6 is 0 Å². The molecule has 0 unspecified atom stereocenters. The Morgan fingerprint density at radius 2 is 1.73 bits per heavy atom. The van der Waals surface area contributed by atoms with E-state index in [0.717, 1.165) is 19.2 Å². The number of nitrogens with zero attached hydrogens (tertiary/aromatic N) is 5. The number of carbonyl (C=O) groups excluding carboxylic acids is 2. The third-order valence-electron chi connectivity index (χ3n) is 7.44. The van der Waals surface area contributed by atoms with E-state index in [1.165, 1.54) is 37.8 Å². The van der Waals surface area contributed by atoms with Crippen LogP contribution in [-0.2, 0) is 17.5 Å². The molecule has 0 atom stereocenters. The van der Waals surface area contributed by atoms with Gasteiger partial charge in [-0.25, -0.2) is 14.8 Å². The average Bonchev–Trinajstić information content (AvgIpc) is 3.01. The lowest BCUT2D eigenvalue weighted by atomic mass is 10.0. The molecule has 0 bridgehead atoms. The van der Waals surface area contributed by atoms with Crippen molar-refractivity contribution in [2.45, 2.75) is 32.6 Å². The number of amides is 2. The number of fused-ring (bicyclic) bond motifs is 1. The highest BCUT2D eigenvalue weighted by Gasteiger charge is 2.34. The standard InChI is InChI=1S/C31H32F3N7O4/c1-19(2)41-12-10-40(11-13-41)17-21-4-5-22(15-25(21)31(32,33)34)38-29(42)28-24-7-6-23(14-20(24)8-9-35-28)45-27-16-26(36-18-37-27)39-30(43)44-3/h4-9,14-16,18-19H,10-13,17H2,1-3H3,(H,38,42)(H,36,37,39,43). The van der Waals surface area contributed by atoms with E-state index in [-0.39, 0.29) is 35.2 Å². The zero-order valence-corrected chi connectivity index (χ0v) is 24.9. The molecule has 5 rings (SSSR count). The second-order valence-corrected chi connectivity index (χ2v) is 10.7. The quantitative estimate of drug-likeness (QED) is 0.251. The van der Waals surface area contributed by atoms with Crippen molar-refractivity contribution in [2.24, 2.45) is 0 Å². The van der Waals surface area contributed by atoms with Crippen molar-refractivity contribution >= 4 is 34.3 Å². The number of benzene rings is 2. The first-order valence-corrected chi connectivity index (χ1v) is 14.2. The van der Waals surface area contributed by atoms with E-state index in [2.05, 4.69) is 49.1 Å². The zero-order valence-electron chi connectivity index (χ0n) is 24.9. The molecular formula is C31H32F3N7O4. The van der Waals surface area contributed by atoms with Crippen LogP contribution in [0, 0.1) is 0 Å². The molecule has 2 N–H and O–H groups in total. The Bertz CT molecular complexity index is 1690. The van der Waals surface area contributed by atoms with Crippen molar-refractivity contribution in [1.82, 2.24) is 24.8 Å². The summed E-state index contributed by atoms with van der Waals surface area (Å²) in [6.45, 7) is 7.34. The van der Waals surface area contributed by atoms with Crippen LogP contribution in [0.15, 0.2) is 61.1 Å². The minimum Gasteiger partial charge on any atom is -0.453 e. The van der Waals surface area contributed by atoms with Crippen LogP contribution in [0.2, 0.25) is 0 Å². The van der Waals surface area contributed by atoms with Crippen LogP contribution in [0.1, 0.15) is 35.5 Å². The minimum absolute atomic E-state index is 0.0135. The average molecular weight is 624 g/mol. The Labute approximate surface area is 257 Å². The Morgan fingerprint density at radius 1 is 0.956 bits per heavy atom. The number of anilines is 2. The van der Waals surface area contributed by atoms with E-state index in [9.17, 15) is 22.8 Å². The van der Waals surface area contributed by atoms with Gasteiger partial charge in [0.15, 0.2) is 0 Å². The van der Waals surface area contributed by atoms with Crippen LogP contribution < -0.4 is 15.4 Å². The molecule has 3 heterocycles. The van der Waals surface area contributed by atoms with E-state index in [4.69, 9.17) is 4.74 Å². The third-order valence-corrected chi connectivity index (χ3v) is 7.44. The summed E-state index contributed by atoms with van der Waals surface area (Å²) >= 11 is 0. The fourth-order valence-corrected chi connectivity index (χ4v) is 5.07. The van der Waals surface area contributed by atoms with Crippen molar-refractivity contribution in [3.05, 3.63) is 77.9 Å². The first-order chi connectivity index (χ1) is 21.5. The van der Waals surface area contributed by atoms with Crippen LogP contribution in [0.3, 0.4) is 0 Å². The molecule has 1 saturated heterocycles. The van der Waals surface area contributed by atoms with Gasteiger partial charge in [-0.15, -0.1) is 0 Å². The van der Waals surface area contributed by atoms with E-state index in [1.807, 2.05) is 4.90 Å². The number of ether oxygens (including phenoxy) is 2. The van der Waals surface area contributed by atoms with Crippen molar-refractivity contribution in [1.29, 1.82) is 0 Å². The van der Waals surface area contributed by atoms with Crippen molar-refractivity contribution in [3.8, 4) is 11.6 Å². The number of aromatic nitrogens is 3. The summed E-state index contributed by atoms with van der Waals surface area (Å²) in [6.07, 6.45) is -2.67. The second kappa shape index (κ2) is 13.4. The highest BCUT2D eigenvalue weighted by atomic mass is 19.4. The lowest BCUT2D eigenvalue weighted by Crippen LogP contribution is -2.48. The Morgan fingerprint density at radius 3 is 2.44 bits per heavy atom. The van der Waals surface area contributed by atoms with Crippen molar-refractivity contribution in [3.63, 3.8) is 0 Å². The van der Waals surface area contributed by atoms with Gasteiger partial charge >= 0.3 is 12.3 Å². The molecule has 0 aliphatic carbocycles. The number of carbonyl (C=O) groups is 2. The molecule has 236 valence electrons. The molecule has 4 aromatic rings. The van der Waals surface area contributed by atoms with E-state index in [1.54, 1.807) is 24.3 Å². The highest BCUT2D eigenvalue weighted by molar-refractivity contribution is 6.11. The third kappa shape index (κ3) is 7.83. The van der Waals surface area contributed by atoms with Crippen molar-refractivity contribution < 1.29 is 32.2 Å². The molecule has 0 radical (unpaired) electrons. The van der Waals surface area contributed by atoms with Gasteiger partial charge in [0, 0.05) is 62.1 Å². The van der Waals surface area contributed by atoms with Gasteiger partial charge in [-0.2, -0.15) is 13.2 Å². The molecule has 1 aliphatic rings. The van der Waals surface area contributed by atoms with Gasteiger partial charge in [-0.3, -0.25) is 24.9 Å². The maximum atomic E-state index is 14.1. The fourth-order valence-electron chi connectivity index (χ4n) is 5.07. The first-order valence-electron chi connectivity index (χ1n) is 14.2. The Kier molecular flexibility index (Phi) is 9.44. The van der Waals surface area contributed by atoms with Crippen molar-refractivity contribution in [2.75, 3.05) is 43.9 Å². The molecular weight excluding hydrogens is 591 g/mol. The summed E-state index contributed by atoms with van der Waals surface area (Å²) in [7, 11) is 1.22. The second-order valence-electron chi connectivity index (χ2n) is 10.7. The summed E-state index contributed by atoms with van der Waals surface area (Å²) in [5.41, 5.74) is -0.578. The minimum atomic E-state index is -4.59. The van der Waals surface area contributed by atoms with Crippen LogP contribution in [0.4, 0.5) is 29.5 Å². The molecule has 1 aliphatic heterocycles. The monoisotopic (exact) mass is 623 g/mol. The molecule has 2 amide bonds. The SMILES string of the molecule is COC(=O)Nc1cc(Oc2ccc3c(C(=O)Nc4ccc(CN5CCN(C(C)C)CC5)c(C(F)(F)F)c4)nccc3c2)ncn1. The largest absolute Gasteiger partial charge is 0.453 e. The molecule has 1 fully saturated rings. The highest BCUT2D eigenvalue weighted by Crippen LogP contribution is 2.35. The fraction of sp³-hybridized carbons (Fsp3) is 0.323. The number of piperazine rings is 1. The van der Waals surface area contributed by atoms with Gasteiger partial charge in [0.1, 0.15) is 23.6 Å². The zero-order chi connectivity index (χ0) is 32.1. The number of nitrogens with one attached hydrogen (secondary N) is 2. The number of rotatable bonds is 8.